The molecule has 2 aromatic heterocycles. The van der Waals surface area contributed by atoms with E-state index in [1.807, 2.05) is 28.9 Å². The van der Waals surface area contributed by atoms with Crippen molar-refractivity contribution in [2.75, 3.05) is 13.7 Å². The Morgan fingerprint density at radius 1 is 1.29 bits per heavy atom. The minimum Gasteiger partial charge on any atom is -0.464 e. The van der Waals surface area contributed by atoms with Crippen LogP contribution in [0.4, 0.5) is 0 Å². The van der Waals surface area contributed by atoms with Crippen molar-refractivity contribution in [3.63, 3.8) is 0 Å². The van der Waals surface area contributed by atoms with Gasteiger partial charge in [0.1, 0.15) is 0 Å². The number of para-hydroxylation sites is 1. The summed E-state index contributed by atoms with van der Waals surface area (Å²) in [5, 5.41) is 4.99. The predicted octanol–water partition coefficient (Wildman–Crippen LogP) is 1.67. The number of methoxy groups -OCH3 is 1. The van der Waals surface area contributed by atoms with E-state index in [4.69, 9.17) is 4.74 Å². The molecule has 8 heteroatoms. The Kier molecular flexibility index (Phi) is 4.95. The van der Waals surface area contributed by atoms with Gasteiger partial charge < -0.3 is 4.74 Å². The van der Waals surface area contributed by atoms with E-state index in [-0.39, 0.29) is 11.6 Å². The van der Waals surface area contributed by atoms with Crippen LogP contribution < -0.4 is 5.56 Å². The van der Waals surface area contributed by atoms with E-state index >= 15 is 0 Å². The summed E-state index contributed by atoms with van der Waals surface area (Å²) in [6.07, 6.45) is 2.54. The number of carbonyl (C=O) groups excluding carboxylic acids is 1. The minimum atomic E-state index is -0.422. The van der Waals surface area contributed by atoms with E-state index in [0.717, 1.165) is 25.2 Å². The van der Waals surface area contributed by atoms with Crippen LogP contribution in [0.5, 0.6) is 0 Å². The van der Waals surface area contributed by atoms with Crippen LogP contribution in [0.3, 0.4) is 0 Å². The summed E-state index contributed by atoms with van der Waals surface area (Å²) >= 11 is 0. The Morgan fingerprint density at radius 2 is 2.11 bits per heavy atom. The van der Waals surface area contributed by atoms with Crippen LogP contribution in [-0.2, 0) is 24.4 Å². The minimum absolute atomic E-state index is 0.0229. The fourth-order valence-corrected chi connectivity index (χ4v) is 3.70. The molecule has 1 aliphatic rings. The van der Waals surface area contributed by atoms with Gasteiger partial charge in [-0.1, -0.05) is 12.1 Å². The van der Waals surface area contributed by atoms with Gasteiger partial charge >= 0.3 is 5.97 Å². The molecule has 0 spiro atoms. The molecule has 0 radical (unpaired) electrons. The van der Waals surface area contributed by atoms with Crippen molar-refractivity contribution < 1.29 is 9.53 Å². The number of carbonyl (C=O) groups is 1. The summed E-state index contributed by atoms with van der Waals surface area (Å²) in [6.45, 7) is 4.98. The molecule has 146 valence electrons. The van der Waals surface area contributed by atoms with Crippen molar-refractivity contribution >= 4 is 16.9 Å². The first-order valence-corrected chi connectivity index (χ1v) is 9.40. The van der Waals surface area contributed by atoms with Gasteiger partial charge in [-0.15, -0.1) is 0 Å². The van der Waals surface area contributed by atoms with Gasteiger partial charge in [-0.3, -0.25) is 18.9 Å². The summed E-state index contributed by atoms with van der Waals surface area (Å²) < 4.78 is 8.33. The molecule has 0 amide bonds. The summed E-state index contributed by atoms with van der Waals surface area (Å²) in [5.41, 5.74) is 2.01. The Morgan fingerprint density at radius 3 is 2.93 bits per heavy atom. The van der Waals surface area contributed by atoms with Crippen LogP contribution >= 0.6 is 0 Å². The molecule has 3 aromatic rings. The zero-order chi connectivity index (χ0) is 19.7. The molecular weight excluding hydrogens is 358 g/mol. The zero-order valence-electron chi connectivity index (χ0n) is 16.0. The van der Waals surface area contributed by atoms with Gasteiger partial charge in [0, 0.05) is 32.2 Å². The lowest BCUT2D eigenvalue weighted by Crippen LogP contribution is -2.38. The fraction of sp³-hybridized carbons (Fsp3) is 0.400. The molecule has 0 aliphatic carbocycles. The molecule has 0 saturated carbocycles. The van der Waals surface area contributed by atoms with Crippen LogP contribution in [0.1, 0.15) is 29.5 Å². The third-order valence-electron chi connectivity index (χ3n) is 5.25. The predicted molar refractivity (Wildman–Crippen MR) is 104 cm³/mol. The van der Waals surface area contributed by atoms with Crippen molar-refractivity contribution in [2.45, 2.75) is 39.0 Å². The number of hydrogen-bond donors (Lipinski definition) is 0. The van der Waals surface area contributed by atoms with E-state index in [9.17, 15) is 9.59 Å². The molecule has 1 atom stereocenters. The average molecular weight is 381 g/mol. The summed E-state index contributed by atoms with van der Waals surface area (Å²) in [4.78, 5) is 31.2. The number of aryl methyl sites for hydroxylation is 1. The molecular formula is C20H23N5O3. The lowest BCUT2D eigenvalue weighted by atomic mass is 10.2. The second-order valence-electron chi connectivity index (χ2n) is 7.13. The number of fused-ring (bicyclic) bond motifs is 2. The number of esters is 1. The summed E-state index contributed by atoms with van der Waals surface area (Å²) in [7, 11) is 1.36. The standard InChI is InChI=1S/C20H23N5O3/c1-14(11-24-13-21-17-7-4-3-6-16(17)19(24)26)23-8-5-9-25-15(12-23)10-18(22-25)20(27)28-2/h3-4,6-7,10,13-14H,5,8-9,11-12H2,1-2H3. The maximum Gasteiger partial charge on any atom is 0.358 e. The highest BCUT2D eigenvalue weighted by Gasteiger charge is 2.23. The molecule has 1 aromatic carbocycles. The molecule has 3 heterocycles. The maximum absolute atomic E-state index is 12.8. The van der Waals surface area contributed by atoms with Crippen molar-refractivity contribution in [3.05, 3.63) is 58.4 Å². The number of aromatic nitrogens is 4. The zero-order valence-corrected chi connectivity index (χ0v) is 16.0. The van der Waals surface area contributed by atoms with Gasteiger partial charge in [-0.2, -0.15) is 5.10 Å². The Bertz CT molecular complexity index is 1070. The summed E-state index contributed by atoms with van der Waals surface area (Å²) in [6, 6.07) is 9.31. The molecule has 0 fully saturated rings. The molecule has 28 heavy (non-hydrogen) atoms. The molecule has 0 N–H and O–H groups in total. The third kappa shape index (κ3) is 3.43. The summed E-state index contributed by atoms with van der Waals surface area (Å²) in [5.74, 6) is -0.422. The van der Waals surface area contributed by atoms with Gasteiger partial charge in [0.25, 0.3) is 5.56 Å². The van der Waals surface area contributed by atoms with Crippen LogP contribution in [0.2, 0.25) is 0 Å². The highest BCUT2D eigenvalue weighted by molar-refractivity contribution is 5.87. The molecule has 4 rings (SSSR count). The van der Waals surface area contributed by atoms with E-state index in [1.165, 1.54) is 7.11 Å². The monoisotopic (exact) mass is 381 g/mol. The smallest absolute Gasteiger partial charge is 0.358 e. The van der Waals surface area contributed by atoms with Crippen LogP contribution in [0.25, 0.3) is 10.9 Å². The Labute approximate surface area is 162 Å². The number of hydrogen-bond acceptors (Lipinski definition) is 6. The number of ether oxygens (including phenoxy) is 1. The lowest BCUT2D eigenvalue weighted by molar-refractivity contribution is 0.0593. The highest BCUT2D eigenvalue weighted by Crippen LogP contribution is 2.17. The van der Waals surface area contributed by atoms with E-state index in [0.29, 0.717) is 29.7 Å². The second kappa shape index (κ2) is 7.55. The highest BCUT2D eigenvalue weighted by atomic mass is 16.5. The fourth-order valence-electron chi connectivity index (χ4n) is 3.70. The molecule has 0 bridgehead atoms. The average Bonchev–Trinajstić information content (AvgIpc) is 3.01. The number of rotatable bonds is 4. The lowest BCUT2D eigenvalue weighted by Gasteiger charge is -2.27. The maximum atomic E-state index is 12.8. The third-order valence-corrected chi connectivity index (χ3v) is 5.25. The topological polar surface area (TPSA) is 82.2 Å². The van der Waals surface area contributed by atoms with Crippen LogP contribution in [-0.4, -0.2) is 49.9 Å². The molecule has 1 unspecified atom stereocenters. The molecule has 1 aliphatic heterocycles. The van der Waals surface area contributed by atoms with Gasteiger partial charge in [0.2, 0.25) is 0 Å². The Balaban J connectivity index is 1.54. The largest absolute Gasteiger partial charge is 0.464 e. The van der Waals surface area contributed by atoms with Gasteiger partial charge in [0.15, 0.2) is 5.69 Å². The second-order valence-corrected chi connectivity index (χ2v) is 7.13. The normalized spacial score (nSPS) is 15.8. The Hall–Kier alpha value is -3.00. The van der Waals surface area contributed by atoms with Crippen molar-refractivity contribution in [3.8, 4) is 0 Å². The van der Waals surface area contributed by atoms with Crippen molar-refractivity contribution in [1.29, 1.82) is 0 Å². The van der Waals surface area contributed by atoms with Crippen LogP contribution in [0, 0.1) is 0 Å². The van der Waals surface area contributed by atoms with Crippen molar-refractivity contribution in [1.82, 2.24) is 24.2 Å². The van der Waals surface area contributed by atoms with E-state index in [2.05, 4.69) is 21.9 Å². The van der Waals surface area contributed by atoms with E-state index in [1.54, 1.807) is 17.0 Å². The molecule has 0 saturated heterocycles. The van der Waals surface area contributed by atoms with Gasteiger partial charge in [-0.25, -0.2) is 9.78 Å². The number of nitrogens with zero attached hydrogens (tertiary/aromatic N) is 5. The first-order valence-electron chi connectivity index (χ1n) is 9.40. The SMILES string of the molecule is COC(=O)c1cc2n(n1)CCCN(C(C)Cn1cnc3ccccc3c1=O)C2. The van der Waals surface area contributed by atoms with Gasteiger partial charge in [-0.05, 0) is 31.5 Å². The van der Waals surface area contributed by atoms with E-state index < -0.39 is 5.97 Å². The quantitative estimate of drug-likeness (QED) is 0.640. The number of benzene rings is 1. The first kappa shape index (κ1) is 18.4. The van der Waals surface area contributed by atoms with Crippen molar-refractivity contribution in [2.24, 2.45) is 0 Å². The molecule has 8 nitrogen and oxygen atoms in total. The first-order chi connectivity index (χ1) is 13.6. The van der Waals surface area contributed by atoms with Crippen LogP contribution in [0.15, 0.2) is 41.5 Å². The van der Waals surface area contributed by atoms with Gasteiger partial charge in [0.05, 0.1) is 30.0 Å².